The highest BCUT2D eigenvalue weighted by atomic mass is 16.6. The molecule has 114 valence electrons. The molecule has 0 atom stereocenters. The van der Waals surface area contributed by atoms with Crippen molar-refractivity contribution < 1.29 is 19.6 Å². The van der Waals surface area contributed by atoms with Gasteiger partial charge in [0.1, 0.15) is 11.3 Å². The highest BCUT2D eigenvalue weighted by Crippen LogP contribution is 2.27. The van der Waals surface area contributed by atoms with Crippen LogP contribution in [0.2, 0.25) is 0 Å². The Morgan fingerprint density at radius 2 is 2.23 bits per heavy atom. The van der Waals surface area contributed by atoms with E-state index in [1.54, 1.807) is 19.9 Å². The number of esters is 1. The summed E-state index contributed by atoms with van der Waals surface area (Å²) in [5.74, 6) is -0.939. The molecule has 0 spiro atoms. The van der Waals surface area contributed by atoms with Crippen molar-refractivity contribution >= 4 is 23.4 Å². The molecule has 1 aliphatic heterocycles. The number of nitro groups is 1. The van der Waals surface area contributed by atoms with E-state index in [4.69, 9.17) is 4.74 Å². The molecule has 1 N–H and O–H groups in total. The van der Waals surface area contributed by atoms with Gasteiger partial charge in [0.15, 0.2) is 5.76 Å². The van der Waals surface area contributed by atoms with Gasteiger partial charge in [0, 0.05) is 12.1 Å². The molecule has 0 radical (unpaired) electrons. The largest absolute Gasteiger partial charge is 0.505 e. The maximum Gasteiger partial charge on any atom is 0.343 e. The van der Waals surface area contributed by atoms with Crippen molar-refractivity contribution in [2.75, 3.05) is 6.61 Å². The number of ether oxygens (including phenoxy) is 1. The number of carbonyl (C=O) groups is 1. The fourth-order valence-electron chi connectivity index (χ4n) is 2.02. The van der Waals surface area contributed by atoms with Crippen LogP contribution >= 0.6 is 0 Å². The summed E-state index contributed by atoms with van der Waals surface area (Å²) in [5, 5.41) is 20.9. The lowest BCUT2D eigenvalue weighted by atomic mass is 10.1. The van der Waals surface area contributed by atoms with Crippen LogP contribution in [0.25, 0.3) is 6.08 Å². The van der Waals surface area contributed by atoms with Gasteiger partial charge in [-0.3, -0.25) is 10.1 Å². The number of aliphatic hydroxyl groups excluding tert-OH is 1. The van der Waals surface area contributed by atoms with E-state index in [1.165, 1.54) is 24.3 Å². The van der Waals surface area contributed by atoms with Crippen molar-refractivity contribution in [2.24, 2.45) is 4.99 Å². The fourth-order valence-corrected chi connectivity index (χ4v) is 2.02. The lowest BCUT2D eigenvalue weighted by molar-refractivity contribution is -0.384. The van der Waals surface area contributed by atoms with Crippen LogP contribution in [0.3, 0.4) is 0 Å². The highest BCUT2D eigenvalue weighted by Gasteiger charge is 2.27. The molecule has 0 saturated heterocycles. The maximum atomic E-state index is 11.8. The van der Waals surface area contributed by atoms with Crippen molar-refractivity contribution in [3.05, 3.63) is 57.0 Å². The number of hydrogen-bond donors (Lipinski definition) is 1. The Morgan fingerprint density at radius 3 is 2.86 bits per heavy atom. The van der Waals surface area contributed by atoms with Crippen LogP contribution in [0.4, 0.5) is 5.69 Å². The molecule has 1 aromatic carbocycles. The van der Waals surface area contributed by atoms with Crippen LogP contribution in [-0.4, -0.2) is 28.3 Å². The standard InChI is InChI=1S/C15H14N2O5/c1-3-22-15(19)13-9(2)16-12(14(13)18)8-10-5-4-6-11(7-10)17(20)21/h4-8,18H,3H2,1-2H3/b12-8-. The highest BCUT2D eigenvalue weighted by molar-refractivity contribution is 6.22. The summed E-state index contributed by atoms with van der Waals surface area (Å²) in [4.78, 5) is 26.1. The summed E-state index contributed by atoms with van der Waals surface area (Å²) in [6.07, 6.45) is 1.47. The van der Waals surface area contributed by atoms with E-state index >= 15 is 0 Å². The van der Waals surface area contributed by atoms with Crippen LogP contribution in [0, 0.1) is 10.1 Å². The molecule has 0 bridgehead atoms. The van der Waals surface area contributed by atoms with Gasteiger partial charge in [-0.05, 0) is 25.5 Å². The number of aliphatic imine (C=N–C) groups is 1. The molecule has 1 heterocycles. The predicted molar refractivity (Wildman–Crippen MR) is 80.5 cm³/mol. The average Bonchev–Trinajstić information content (AvgIpc) is 2.74. The lowest BCUT2D eigenvalue weighted by Crippen LogP contribution is -2.13. The molecule has 0 aromatic heterocycles. The Kier molecular flexibility index (Phi) is 4.36. The summed E-state index contributed by atoms with van der Waals surface area (Å²) in [6.45, 7) is 3.43. The van der Waals surface area contributed by atoms with Gasteiger partial charge in [-0.15, -0.1) is 0 Å². The molecule has 0 fully saturated rings. The molecule has 0 aliphatic carbocycles. The van der Waals surface area contributed by atoms with Gasteiger partial charge in [-0.2, -0.15) is 0 Å². The van der Waals surface area contributed by atoms with Crippen molar-refractivity contribution in [1.29, 1.82) is 0 Å². The number of nitrogens with zero attached hydrogens (tertiary/aromatic N) is 2. The first-order chi connectivity index (χ1) is 10.4. The Balaban J connectivity index is 2.40. The smallest absolute Gasteiger partial charge is 0.343 e. The molecule has 2 rings (SSSR count). The Morgan fingerprint density at radius 1 is 1.50 bits per heavy atom. The number of benzene rings is 1. The number of nitro benzene ring substituents is 1. The molecule has 1 aromatic rings. The zero-order valence-electron chi connectivity index (χ0n) is 12.1. The van der Waals surface area contributed by atoms with E-state index in [0.29, 0.717) is 11.3 Å². The third kappa shape index (κ3) is 3.03. The van der Waals surface area contributed by atoms with E-state index in [-0.39, 0.29) is 29.3 Å². The average molecular weight is 302 g/mol. The molecule has 0 unspecified atom stereocenters. The SMILES string of the molecule is CCOC(=O)C1=C(O)/C(=C/c2cccc([N+](=O)[O-])c2)N=C1C. The monoisotopic (exact) mass is 302 g/mol. The number of non-ortho nitro benzene ring substituents is 1. The van der Waals surface area contributed by atoms with Crippen molar-refractivity contribution in [3.8, 4) is 0 Å². The number of hydrogen-bond acceptors (Lipinski definition) is 6. The lowest BCUT2D eigenvalue weighted by Gasteiger charge is -2.02. The minimum atomic E-state index is -0.649. The molecular formula is C15H14N2O5. The van der Waals surface area contributed by atoms with Gasteiger partial charge in [0.25, 0.3) is 5.69 Å². The van der Waals surface area contributed by atoms with E-state index < -0.39 is 10.9 Å². The molecule has 1 aliphatic rings. The van der Waals surface area contributed by atoms with E-state index in [2.05, 4.69) is 4.99 Å². The van der Waals surface area contributed by atoms with Crippen molar-refractivity contribution in [3.63, 3.8) is 0 Å². The van der Waals surface area contributed by atoms with Gasteiger partial charge >= 0.3 is 5.97 Å². The summed E-state index contributed by atoms with van der Waals surface area (Å²) in [7, 11) is 0. The Hall–Kier alpha value is -2.96. The second-order valence-electron chi connectivity index (χ2n) is 4.52. The van der Waals surface area contributed by atoms with Crippen LogP contribution < -0.4 is 0 Å². The van der Waals surface area contributed by atoms with E-state index in [9.17, 15) is 20.0 Å². The van der Waals surface area contributed by atoms with Crippen molar-refractivity contribution in [2.45, 2.75) is 13.8 Å². The Bertz CT molecular complexity index is 731. The minimum absolute atomic E-state index is 0.0125. The number of aliphatic hydroxyl groups is 1. The van der Waals surface area contributed by atoms with E-state index in [1.807, 2.05) is 0 Å². The molecule has 7 heteroatoms. The topological polar surface area (TPSA) is 102 Å². The summed E-state index contributed by atoms with van der Waals surface area (Å²) < 4.78 is 4.86. The summed E-state index contributed by atoms with van der Waals surface area (Å²) in [5.41, 5.74) is 0.951. The maximum absolute atomic E-state index is 11.8. The van der Waals surface area contributed by atoms with Crippen LogP contribution in [-0.2, 0) is 9.53 Å². The second kappa shape index (κ2) is 6.21. The van der Waals surface area contributed by atoms with Gasteiger partial charge < -0.3 is 9.84 Å². The molecule has 0 saturated carbocycles. The van der Waals surface area contributed by atoms with Gasteiger partial charge in [0.2, 0.25) is 0 Å². The van der Waals surface area contributed by atoms with Crippen LogP contribution in [0.5, 0.6) is 0 Å². The number of carbonyl (C=O) groups excluding carboxylic acids is 1. The minimum Gasteiger partial charge on any atom is -0.505 e. The third-order valence-corrected chi connectivity index (χ3v) is 2.99. The second-order valence-corrected chi connectivity index (χ2v) is 4.52. The zero-order chi connectivity index (χ0) is 16.3. The summed E-state index contributed by atoms with van der Waals surface area (Å²) >= 11 is 0. The van der Waals surface area contributed by atoms with Gasteiger partial charge in [0.05, 0.1) is 17.2 Å². The quantitative estimate of drug-likeness (QED) is 0.523. The van der Waals surface area contributed by atoms with Crippen LogP contribution in [0.15, 0.2) is 46.3 Å². The zero-order valence-corrected chi connectivity index (χ0v) is 12.1. The molecular weight excluding hydrogens is 288 g/mol. The van der Waals surface area contributed by atoms with Gasteiger partial charge in [-0.1, -0.05) is 12.1 Å². The van der Waals surface area contributed by atoms with E-state index in [0.717, 1.165) is 0 Å². The van der Waals surface area contributed by atoms with Crippen molar-refractivity contribution in [1.82, 2.24) is 0 Å². The third-order valence-electron chi connectivity index (χ3n) is 2.99. The fraction of sp³-hybridized carbons (Fsp3) is 0.200. The first kappa shape index (κ1) is 15.4. The van der Waals surface area contributed by atoms with Crippen LogP contribution in [0.1, 0.15) is 19.4 Å². The first-order valence-corrected chi connectivity index (χ1v) is 6.56. The Labute approximate surface area is 126 Å². The molecule has 7 nitrogen and oxygen atoms in total. The first-order valence-electron chi connectivity index (χ1n) is 6.56. The number of rotatable bonds is 4. The molecule has 0 amide bonds. The predicted octanol–water partition coefficient (Wildman–Crippen LogP) is 2.79. The molecule has 22 heavy (non-hydrogen) atoms. The summed E-state index contributed by atoms with van der Waals surface area (Å²) in [6, 6.07) is 5.89. The van der Waals surface area contributed by atoms with Gasteiger partial charge in [-0.25, -0.2) is 9.79 Å². The normalized spacial score (nSPS) is 15.9.